The van der Waals surface area contributed by atoms with Gasteiger partial charge in [-0.1, -0.05) is 30.3 Å². The molecule has 1 aromatic heterocycles. The number of nitrogens with zero attached hydrogens (tertiary/aromatic N) is 1. The van der Waals surface area contributed by atoms with E-state index in [1.807, 2.05) is 41.8 Å². The Bertz CT molecular complexity index is 541. The molecule has 3 nitrogen and oxygen atoms in total. The summed E-state index contributed by atoms with van der Waals surface area (Å²) in [5, 5.41) is 11.0. The molecule has 19 heavy (non-hydrogen) atoms. The van der Waals surface area contributed by atoms with Crippen molar-refractivity contribution in [3.8, 4) is 0 Å². The Morgan fingerprint density at radius 1 is 1.26 bits per heavy atom. The lowest BCUT2D eigenvalue weighted by atomic mass is 10.2. The van der Waals surface area contributed by atoms with Crippen molar-refractivity contribution >= 4 is 33.2 Å². The second-order valence-corrected chi connectivity index (χ2v) is 5.80. The minimum Gasteiger partial charge on any atom is -0.395 e. The van der Waals surface area contributed by atoms with Crippen LogP contribution in [0.5, 0.6) is 0 Å². The van der Waals surface area contributed by atoms with Crippen molar-refractivity contribution in [2.24, 2.45) is 0 Å². The van der Waals surface area contributed by atoms with Crippen molar-refractivity contribution in [2.75, 3.05) is 13.2 Å². The number of aliphatic hydroxyl groups is 1. The quantitative estimate of drug-likeness (QED) is 0.908. The third kappa shape index (κ3) is 3.65. The highest BCUT2D eigenvalue weighted by molar-refractivity contribution is 9.10. The van der Waals surface area contributed by atoms with Gasteiger partial charge in [0.1, 0.15) is 4.88 Å². The van der Waals surface area contributed by atoms with Gasteiger partial charge in [0.15, 0.2) is 0 Å². The Morgan fingerprint density at radius 3 is 2.58 bits per heavy atom. The predicted molar refractivity (Wildman–Crippen MR) is 80.3 cm³/mol. The van der Waals surface area contributed by atoms with Crippen LogP contribution in [0.25, 0.3) is 0 Å². The van der Waals surface area contributed by atoms with E-state index in [-0.39, 0.29) is 12.5 Å². The van der Waals surface area contributed by atoms with Crippen LogP contribution >= 0.6 is 27.3 Å². The number of hydrogen-bond donors (Lipinski definition) is 1. The van der Waals surface area contributed by atoms with Crippen LogP contribution in [0.3, 0.4) is 0 Å². The van der Waals surface area contributed by atoms with Crippen molar-refractivity contribution in [1.29, 1.82) is 0 Å². The van der Waals surface area contributed by atoms with Gasteiger partial charge in [-0.05, 0) is 32.9 Å². The number of halogens is 1. The van der Waals surface area contributed by atoms with Crippen LogP contribution in [0.4, 0.5) is 0 Å². The molecule has 1 heterocycles. The van der Waals surface area contributed by atoms with Gasteiger partial charge >= 0.3 is 0 Å². The van der Waals surface area contributed by atoms with E-state index in [0.717, 1.165) is 10.0 Å². The summed E-state index contributed by atoms with van der Waals surface area (Å²) in [5.41, 5.74) is 1.05. The largest absolute Gasteiger partial charge is 0.395 e. The van der Waals surface area contributed by atoms with E-state index >= 15 is 0 Å². The zero-order valence-corrected chi connectivity index (χ0v) is 12.7. The normalized spacial score (nSPS) is 10.4. The van der Waals surface area contributed by atoms with Gasteiger partial charge in [0.2, 0.25) is 0 Å². The van der Waals surface area contributed by atoms with Crippen LogP contribution in [0.1, 0.15) is 15.2 Å². The molecule has 0 saturated carbocycles. The fourth-order valence-electron chi connectivity index (χ4n) is 1.77. The van der Waals surface area contributed by atoms with Crippen LogP contribution in [-0.2, 0) is 6.54 Å². The topological polar surface area (TPSA) is 40.5 Å². The van der Waals surface area contributed by atoms with Gasteiger partial charge in [-0.25, -0.2) is 0 Å². The summed E-state index contributed by atoms with van der Waals surface area (Å²) in [4.78, 5) is 14.7. The Hall–Kier alpha value is -1.17. The summed E-state index contributed by atoms with van der Waals surface area (Å²) in [6.07, 6.45) is 0. The van der Waals surface area contributed by atoms with Gasteiger partial charge in [0.25, 0.3) is 5.91 Å². The maximum atomic E-state index is 12.4. The van der Waals surface area contributed by atoms with Gasteiger partial charge in [-0.2, -0.15) is 0 Å². The summed E-state index contributed by atoms with van der Waals surface area (Å²) in [6, 6.07) is 11.6. The van der Waals surface area contributed by atoms with Crippen LogP contribution in [0.2, 0.25) is 0 Å². The Morgan fingerprint density at radius 2 is 2.00 bits per heavy atom. The molecule has 0 unspecified atom stereocenters. The highest BCUT2D eigenvalue weighted by Gasteiger charge is 2.19. The number of carbonyl (C=O) groups excluding carboxylic acids is 1. The van der Waals surface area contributed by atoms with Crippen molar-refractivity contribution in [1.82, 2.24) is 4.90 Å². The summed E-state index contributed by atoms with van der Waals surface area (Å²) in [5.74, 6) is -0.0558. The molecule has 0 aliphatic heterocycles. The first kappa shape index (κ1) is 14.2. The van der Waals surface area contributed by atoms with E-state index in [0.29, 0.717) is 18.0 Å². The maximum Gasteiger partial charge on any atom is 0.265 e. The fraction of sp³-hybridized carbons (Fsp3) is 0.214. The second kappa shape index (κ2) is 6.84. The molecule has 1 N–H and O–H groups in total. The number of benzene rings is 1. The fourth-order valence-corrected chi connectivity index (χ4v) is 3.27. The van der Waals surface area contributed by atoms with E-state index in [2.05, 4.69) is 15.9 Å². The van der Waals surface area contributed by atoms with E-state index in [9.17, 15) is 4.79 Å². The smallest absolute Gasteiger partial charge is 0.265 e. The van der Waals surface area contributed by atoms with Crippen LogP contribution in [0.15, 0.2) is 46.3 Å². The van der Waals surface area contributed by atoms with Crippen LogP contribution in [-0.4, -0.2) is 29.1 Å². The lowest BCUT2D eigenvalue weighted by Crippen LogP contribution is -2.32. The first-order chi connectivity index (χ1) is 9.22. The number of carbonyl (C=O) groups is 1. The van der Waals surface area contributed by atoms with Crippen LogP contribution < -0.4 is 0 Å². The maximum absolute atomic E-state index is 12.4. The van der Waals surface area contributed by atoms with Crippen LogP contribution in [0, 0.1) is 0 Å². The third-order valence-corrected chi connectivity index (χ3v) is 4.51. The molecular weight excluding hydrogens is 326 g/mol. The average Bonchev–Trinajstić information content (AvgIpc) is 2.85. The highest BCUT2D eigenvalue weighted by Crippen LogP contribution is 2.24. The molecule has 0 spiro atoms. The monoisotopic (exact) mass is 339 g/mol. The predicted octanol–water partition coefficient (Wildman–Crippen LogP) is 3.15. The zero-order valence-electron chi connectivity index (χ0n) is 10.3. The molecule has 1 aromatic carbocycles. The van der Waals surface area contributed by atoms with E-state index in [1.165, 1.54) is 11.3 Å². The highest BCUT2D eigenvalue weighted by atomic mass is 79.9. The molecule has 100 valence electrons. The van der Waals surface area contributed by atoms with E-state index in [1.54, 1.807) is 4.90 Å². The summed E-state index contributed by atoms with van der Waals surface area (Å²) in [6.45, 7) is 0.796. The molecule has 0 atom stereocenters. The summed E-state index contributed by atoms with van der Waals surface area (Å²) >= 11 is 4.77. The average molecular weight is 340 g/mol. The van der Waals surface area contributed by atoms with Crippen molar-refractivity contribution < 1.29 is 9.90 Å². The van der Waals surface area contributed by atoms with Crippen molar-refractivity contribution in [2.45, 2.75) is 6.54 Å². The van der Waals surface area contributed by atoms with E-state index < -0.39 is 0 Å². The summed E-state index contributed by atoms with van der Waals surface area (Å²) < 4.78 is 0.804. The standard InChI is InChI=1S/C14H14BrNO2S/c15-12-6-9-19-13(12)14(18)16(7-8-17)10-11-4-2-1-3-5-11/h1-6,9,17H,7-8,10H2. The Kier molecular flexibility index (Phi) is 5.13. The minimum atomic E-state index is -0.0558. The molecule has 0 bridgehead atoms. The van der Waals surface area contributed by atoms with E-state index in [4.69, 9.17) is 5.11 Å². The number of aliphatic hydroxyl groups excluding tert-OH is 1. The molecule has 1 amide bonds. The molecule has 0 fully saturated rings. The number of hydrogen-bond acceptors (Lipinski definition) is 3. The van der Waals surface area contributed by atoms with Gasteiger partial charge in [-0.15, -0.1) is 11.3 Å². The minimum absolute atomic E-state index is 0.0401. The van der Waals surface area contributed by atoms with Crippen molar-refractivity contribution in [3.05, 3.63) is 56.7 Å². The van der Waals surface area contributed by atoms with Gasteiger partial charge in [0.05, 0.1) is 6.61 Å². The SMILES string of the molecule is O=C(c1sccc1Br)N(CCO)Cc1ccccc1. The molecule has 0 radical (unpaired) electrons. The second-order valence-electron chi connectivity index (χ2n) is 4.03. The Balaban J connectivity index is 2.16. The lowest BCUT2D eigenvalue weighted by Gasteiger charge is -2.21. The molecule has 2 rings (SSSR count). The third-order valence-electron chi connectivity index (χ3n) is 2.68. The number of rotatable bonds is 5. The van der Waals surface area contributed by atoms with Gasteiger partial charge < -0.3 is 10.0 Å². The Labute approximate surface area is 124 Å². The van der Waals surface area contributed by atoms with Gasteiger partial charge in [0, 0.05) is 17.6 Å². The first-order valence-corrected chi connectivity index (χ1v) is 7.56. The molecule has 0 aliphatic rings. The number of thiophene rings is 1. The zero-order chi connectivity index (χ0) is 13.7. The number of amides is 1. The van der Waals surface area contributed by atoms with Crippen molar-refractivity contribution in [3.63, 3.8) is 0 Å². The lowest BCUT2D eigenvalue weighted by molar-refractivity contribution is 0.0712. The van der Waals surface area contributed by atoms with Gasteiger partial charge in [-0.3, -0.25) is 4.79 Å². The molecule has 2 aromatic rings. The molecular formula is C14H14BrNO2S. The molecule has 0 saturated heterocycles. The first-order valence-electron chi connectivity index (χ1n) is 5.89. The summed E-state index contributed by atoms with van der Waals surface area (Å²) in [7, 11) is 0. The molecule has 5 heteroatoms. The molecule has 0 aliphatic carbocycles.